The molecule has 2 heterocycles. The van der Waals surface area contributed by atoms with E-state index in [0.717, 1.165) is 0 Å². The molecule has 2 atom stereocenters. The number of nitrogens with one attached hydrogen (secondary N) is 2. The Morgan fingerprint density at radius 2 is 1.29 bits per heavy atom. The van der Waals surface area contributed by atoms with Crippen LogP contribution in [0.25, 0.3) is 0 Å². The van der Waals surface area contributed by atoms with Crippen LogP contribution < -0.4 is 0 Å². The third-order valence-electron chi connectivity index (χ3n) is 2.18. The number of hydrogen-bond acceptors (Lipinski definition) is 2. The van der Waals surface area contributed by atoms with Gasteiger partial charge in [-0.05, 0) is 24.3 Å². The van der Waals surface area contributed by atoms with Gasteiger partial charge in [-0.25, -0.2) is 0 Å². The zero-order valence-corrected chi connectivity index (χ0v) is 7.51. The standard InChI is InChI=1S/C10H12N2O2/c13-9(7-3-1-5-11-7)10(14)8-4-2-6-12-8/h1-6,9-14H. The van der Waals surface area contributed by atoms with Crippen LogP contribution in [0.3, 0.4) is 0 Å². The predicted molar refractivity (Wildman–Crippen MR) is 51.5 cm³/mol. The highest BCUT2D eigenvalue weighted by atomic mass is 16.3. The molecule has 4 heteroatoms. The molecule has 0 bridgehead atoms. The van der Waals surface area contributed by atoms with Crippen LogP contribution in [0, 0.1) is 0 Å². The van der Waals surface area contributed by atoms with E-state index in [9.17, 15) is 10.2 Å². The second-order valence-electron chi connectivity index (χ2n) is 3.14. The Kier molecular flexibility index (Phi) is 2.39. The lowest BCUT2D eigenvalue weighted by Gasteiger charge is -2.15. The molecule has 2 aromatic heterocycles. The first-order chi connectivity index (χ1) is 6.79. The molecule has 0 amide bonds. The predicted octanol–water partition coefficient (Wildman–Crippen LogP) is 1.11. The van der Waals surface area contributed by atoms with E-state index in [1.54, 1.807) is 36.7 Å². The smallest absolute Gasteiger partial charge is 0.125 e. The highest BCUT2D eigenvalue weighted by Gasteiger charge is 2.21. The molecule has 14 heavy (non-hydrogen) atoms. The van der Waals surface area contributed by atoms with Gasteiger partial charge in [0.05, 0.1) is 0 Å². The summed E-state index contributed by atoms with van der Waals surface area (Å²) in [6.45, 7) is 0. The highest BCUT2D eigenvalue weighted by Crippen LogP contribution is 2.25. The summed E-state index contributed by atoms with van der Waals surface area (Å²) in [6, 6.07) is 7.02. The van der Waals surface area contributed by atoms with Crippen molar-refractivity contribution in [1.82, 2.24) is 9.97 Å². The molecule has 0 saturated heterocycles. The van der Waals surface area contributed by atoms with Crippen molar-refractivity contribution in [2.75, 3.05) is 0 Å². The number of aromatic amines is 2. The zero-order chi connectivity index (χ0) is 9.97. The molecule has 2 aromatic rings. The molecule has 0 aliphatic carbocycles. The molecular weight excluding hydrogens is 180 g/mol. The molecule has 2 rings (SSSR count). The van der Waals surface area contributed by atoms with Crippen molar-refractivity contribution in [3.8, 4) is 0 Å². The maximum Gasteiger partial charge on any atom is 0.125 e. The molecule has 0 spiro atoms. The lowest BCUT2D eigenvalue weighted by Crippen LogP contribution is -2.10. The van der Waals surface area contributed by atoms with Crippen LogP contribution in [0.1, 0.15) is 23.6 Å². The van der Waals surface area contributed by atoms with Gasteiger partial charge in [-0.15, -0.1) is 0 Å². The lowest BCUT2D eigenvalue weighted by atomic mass is 10.1. The molecule has 4 nitrogen and oxygen atoms in total. The number of aliphatic hydroxyl groups excluding tert-OH is 2. The Morgan fingerprint density at radius 1 is 0.857 bits per heavy atom. The maximum absolute atomic E-state index is 9.75. The van der Waals surface area contributed by atoms with Crippen LogP contribution in [-0.2, 0) is 0 Å². The number of aliphatic hydroxyl groups is 2. The molecule has 0 aliphatic heterocycles. The van der Waals surface area contributed by atoms with Crippen LogP contribution in [0.2, 0.25) is 0 Å². The van der Waals surface area contributed by atoms with Gasteiger partial charge >= 0.3 is 0 Å². The molecule has 0 fully saturated rings. The first-order valence-electron chi connectivity index (χ1n) is 4.42. The van der Waals surface area contributed by atoms with Crippen molar-refractivity contribution in [3.05, 3.63) is 48.0 Å². The Hall–Kier alpha value is -1.52. The number of H-pyrrole nitrogens is 2. The zero-order valence-electron chi connectivity index (χ0n) is 7.51. The fourth-order valence-corrected chi connectivity index (χ4v) is 1.40. The summed E-state index contributed by atoms with van der Waals surface area (Å²) in [5.74, 6) is 0. The maximum atomic E-state index is 9.75. The second kappa shape index (κ2) is 3.69. The first-order valence-corrected chi connectivity index (χ1v) is 4.42. The second-order valence-corrected chi connectivity index (χ2v) is 3.14. The first kappa shape index (κ1) is 9.05. The van der Waals surface area contributed by atoms with Gasteiger partial charge in [0.15, 0.2) is 0 Å². The van der Waals surface area contributed by atoms with Crippen molar-refractivity contribution < 1.29 is 10.2 Å². The molecule has 0 radical (unpaired) electrons. The Bertz CT molecular complexity index is 328. The summed E-state index contributed by atoms with van der Waals surface area (Å²) in [5, 5.41) is 19.5. The molecule has 0 aromatic carbocycles. The van der Waals surface area contributed by atoms with E-state index in [2.05, 4.69) is 9.97 Å². The third-order valence-corrected chi connectivity index (χ3v) is 2.18. The van der Waals surface area contributed by atoms with Gasteiger partial charge in [0.1, 0.15) is 12.2 Å². The van der Waals surface area contributed by atoms with E-state index in [0.29, 0.717) is 11.4 Å². The van der Waals surface area contributed by atoms with E-state index in [1.807, 2.05) is 0 Å². The van der Waals surface area contributed by atoms with Gasteiger partial charge in [-0.3, -0.25) is 0 Å². The largest absolute Gasteiger partial charge is 0.384 e. The summed E-state index contributed by atoms with van der Waals surface area (Å²) >= 11 is 0. The molecule has 0 saturated carbocycles. The number of aromatic nitrogens is 2. The Morgan fingerprint density at radius 3 is 1.57 bits per heavy atom. The number of rotatable bonds is 3. The van der Waals surface area contributed by atoms with E-state index in [-0.39, 0.29) is 0 Å². The minimum absolute atomic E-state index is 0.604. The van der Waals surface area contributed by atoms with Crippen LogP contribution in [0.5, 0.6) is 0 Å². The monoisotopic (exact) mass is 192 g/mol. The summed E-state index contributed by atoms with van der Waals surface area (Å²) in [4.78, 5) is 5.71. The van der Waals surface area contributed by atoms with Gasteiger partial charge in [-0.2, -0.15) is 0 Å². The van der Waals surface area contributed by atoms with Crippen molar-refractivity contribution in [1.29, 1.82) is 0 Å². The van der Waals surface area contributed by atoms with Crippen LogP contribution in [-0.4, -0.2) is 20.2 Å². The van der Waals surface area contributed by atoms with E-state index < -0.39 is 12.2 Å². The number of hydrogen-bond donors (Lipinski definition) is 4. The highest BCUT2D eigenvalue weighted by molar-refractivity contribution is 5.15. The Labute approximate surface area is 81.2 Å². The van der Waals surface area contributed by atoms with Crippen molar-refractivity contribution >= 4 is 0 Å². The van der Waals surface area contributed by atoms with Gasteiger partial charge < -0.3 is 20.2 Å². The van der Waals surface area contributed by atoms with E-state index in [1.165, 1.54) is 0 Å². The van der Waals surface area contributed by atoms with Crippen LogP contribution >= 0.6 is 0 Å². The van der Waals surface area contributed by atoms with Crippen molar-refractivity contribution in [2.45, 2.75) is 12.2 Å². The minimum atomic E-state index is -0.927. The van der Waals surface area contributed by atoms with E-state index >= 15 is 0 Å². The molecule has 4 N–H and O–H groups in total. The average molecular weight is 192 g/mol. The van der Waals surface area contributed by atoms with E-state index in [4.69, 9.17) is 0 Å². The fourth-order valence-electron chi connectivity index (χ4n) is 1.40. The van der Waals surface area contributed by atoms with Gasteiger partial charge in [0.2, 0.25) is 0 Å². The van der Waals surface area contributed by atoms with Crippen molar-refractivity contribution in [2.24, 2.45) is 0 Å². The molecule has 0 aliphatic rings. The molecule has 2 unspecified atom stereocenters. The summed E-state index contributed by atoms with van der Waals surface area (Å²) < 4.78 is 0. The molecule has 74 valence electrons. The van der Waals surface area contributed by atoms with Crippen LogP contribution in [0.15, 0.2) is 36.7 Å². The minimum Gasteiger partial charge on any atom is -0.384 e. The summed E-state index contributed by atoms with van der Waals surface area (Å²) in [7, 11) is 0. The fraction of sp³-hybridized carbons (Fsp3) is 0.200. The SMILES string of the molecule is OC(c1ccc[nH]1)C(O)c1ccc[nH]1. The average Bonchev–Trinajstić information content (AvgIpc) is 2.87. The third kappa shape index (κ3) is 1.57. The van der Waals surface area contributed by atoms with Gasteiger partial charge in [-0.1, -0.05) is 0 Å². The van der Waals surface area contributed by atoms with Gasteiger partial charge in [0.25, 0.3) is 0 Å². The summed E-state index contributed by atoms with van der Waals surface area (Å²) in [5.41, 5.74) is 1.21. The molecular formula is C10H12N2O2. The van der Waals surface area contributed by atoms with Crippen molar-refractivity contribution in [3.63, 3.8) is 0 Å². The van der Waals surface area contributed by atoms with Gasteiger partial charge in [0, 0.05) is 23.8 Å². The normalized spacial score (nSPS) is 15.3. The Balaban J connectivity index is 2.16. The van der Waals surface area contributed by atoms with Crippen LogP contribution in [0.4, 0.5) is 0 Å². The summed E-state index contributed by atoms with van der Waals surface area (Å²) in [6.07, 6.45) is 1.56. The quantitative estimate of drug-likeness (QED) is 0.588. The lowest BCUT2D eigenvalue weighted by molar-refractivity contribution is 0.0126. The topological polar surface area (TPSA) is 72.0 Å².